The molecule has 0 aromatic heterocycles. The van der Waals surface area contributed by atoms with Crippen molar-refractivity contribution >= 4 is 17.9 Å². The van der Waals surface area contributed by atoms with Crippen LogP contribution >= 0.6 is 0 Å². The minimum Gasteiger partial charge on any atom is -0.490 e. The van der Waals surface area contributed by atoms with E-state index in [0.29, 0.717) is 30.3 Å². The number of nitrogens with zero attached hydrogens (tertiary/aromatic N) is 1. The third kappa shape index (κ3) is 5.21. The van der Waals surface area contributed by atoms with Crippen molar-refractivity contribution in [2.45, 2.75) is 13.3 Å². The highest BCUT2D eigenvalue weighted by Gasteiger charge is 2.24. The Hall–Kier alpha value is -3.93. The van der Waals surface area contributed by atoms with E-state index in [9.17, 15) is 9.18 Å². The van der Waals surface area contributed by atoms with Crippen molar-refractivity contribution in [3.8, 4) is 11.5 Å². The third-order valence-corrected chi connectivity index (χ3v) is 4.77. The normalized spacial score (nSPS) is 14.2. The molecule has 5 nitrogen and oxygen atoms in total. The summed E-state index contributed by atoms with van der Waals surface area (Å²) >= 11 is 0. The van der Waals surface area contributed by atoms with E-state index in [1.54, 1.807) is 12.1 Å². The Bertz CT molecular complexity index is 1150. The summed E-state index contributed by atoms with van der Waals surface area (Å²) in [4.78, 5) is 16.5. The molecular formula is C26H22FNO4. The standard InChI is InChI=1S/C26H22FNO4/c1-2-30-24-17-19(8-13-23(24)31-15-14-18-6-4-3-5-7-18)16-22-26(29)32-25(28-22)20-9-11-21(27)12-10-20/h3-13,16-17H,2,14-15H2,1H3/b22-16-. The zero-order valence-electron chi connectivity index (χ0n) is 17.6. The molecule has 1 aliphatic heterocycles. The van der Waals surface area contributed by atoms with Crippen LogP contribution in [0.15, 0.2) is 83.5 Å². The lowest BCUT2D eigenvalue weighted by Crippen LogP contribution is -2.05. The summed E-state index contributed by atoms with van der Waals surface area (Å²) in [6.45, 7) is 2.89. The van der Waals surface area contributed by atoms with Gasteiger partial charge in [0.1, 0.15) is 5.82 Å². The predicted molar refractivity (Wildman–Crippen MR) is 120 cm³/mol. The van der Waals surface area contributed by atoms with E-state index in [-0.39, 0.29) is 17.4 Å². The van der Waals surface area contributed by atoms with Gasteiger partial charge in [-0.25, -0.2) is 14.2 Å². The first-order valence-corrected chi connectivity index (χ1v) is 10.3. The molecule has 0 fully saturated rings. The average molecular weight is 431 g/mol. The second kappa shape index (κ2) is 9.92. The molecule has 3 aromatic carbocycles. The minimum absolute atomic E-state index is 0.146. The number of esters is 1. The molecule has 1 heterocycles. The first-order valence-electron chi connectivity index (χ1n) is 10.3. The van der Waals surface area contributed by atoms with Crippen molar-refractivity contribution < 1.29 is 23.4 Å². The molecule has 0 radical (unpaired) electrons. The summed E-state index contributed by atoms with van der Waals surface area (Å²) in [7, 11) is 0. The molecule has 1 aliphatic rings. The Labute approximate surface area is 185 Å². The van der Waals surface area contributed by atoms with Gasteiger partial charge in [-0.05, 0) is 60.5 Å². The molecule has 3 aromatic rings. The van der Waals surface area contributed by atoms with Gasteiger partial charge in [0.2, 0.25) is 5.90 Å². The first kappa shape index (κ1) is 21.3. The number of ether oxygens (including phenoxy) is 3. The van der Waals surface area contributed by atoms with Gasteiger partial charge in [0, 0.05) is 12.0 Å². The van der Waals surface area contributed by atoms with Crippen LogP contribution in [0.4, 0.5) is 4.39 Å². The van der Waals surface area contributed by atoms with Crippen molar-refractivity contribution in [2.24, 2.45) is 4.99 Å². The van der Waals surface area contributed by atoms with E-state index in [0.717, 1.165) is 12.0 Å². The second-order valence-electron chi connectivity index (χ2n) is 7.07. The van der Waals surface area contributed by atoms with Gasteiger partial charge in [-0.15, -0.1) is 0 Å². The molecule has 0 bridgehead atoms. The van der Waals surface area contributed by atoms with Crippen molar-refractivity contribution in [1.29, 1.82) is 0 Å². The smallest absolute Gasteiger partial charge is 0.363 e. The number of aliphatic imine (C=N–C) groups is 1. The van der Waals surface area contributed by atoms with Crippen LogP contribution in [-0.4, -0.2) is 25.1 Å². The summed E-state index contributed by atoms with van der Waals surface area (Å²) in [5.74, 6) is 0.431. The SMILES string of the molecule is CCOc1cc(/C=C2\N=C(c3ccc(F)cc3)OC2=O)ccc1OCCc1ccccc1. The van der Waals surface area contributed by atoms with Gasteiger partial charge in [-0.2, -0.15) is 0 Å². The fraction of sp³-hybridized carbons (Fsp3) is 0.154. The molecule has 4 rings (SSSR count). The van der Waals surface area contributed by atoms with Gasteiger partial charge >= 0.3 is 5.97 Å². The van der Waals surface area contributed by atoms with Crippen LogP contribution in [0.1, 0.15) is 23.6 Å². The van der Waals surface area contributed by atoms with Crippen LogP contribution < -0.4 is 9.47 Å². The van der Waals surface area contributed by atoms with E-state index >= 15 is 0 Å². The number of cyclic esters (lactones) is 1. The zero-order valence-corrected chi connectivity index (χ0v) is 17.6. The Balaban J connectivity index is 1.50. The highest BCUT2D eigenvalue weighted by molar-refractivity contribution is 6.12. The summed E-state index contributed by atoms with van der Waals surface area (Å²) in [6, 6.07) is 21.1. The van der Waals surface area contributed by atoms with Gasteiger partial charge < -0.3 is 14.2 Å². The summed E-state index contributed by atoms with van der Waals surface area (Å²) < 4.78 is 30.0. The fourth-order valence-electron chi connectivity index (χ4n) is 3.21. The maximum atomic E-state index is 13.1. The van der Waals surface area contributed by atoms with Crippen LogP contribution in [0.3, 0.4) is 0 Å². The first-order chi connectivity index (χ1) is 15.6. The second-order valence-corrected chi connectivity index (χ2v) is 7.07. The number of halogens is 1. The van der Waals surface area contributed by atoms with Gasteiger partial charge in [-0.1, -0.05) is 36.4 Å². The van der Waals surface area contributed by atoms with E-state index in [1.807, 2.05) is 37.3 Å². The summed E-state index contributed by atoms with van der Waals surface area (Å²) in [5, 5.41) is 0. The number of carbonyl (C=O) groups is 1. The summed E-state index contributed by atoms with van der Waals surface area (Å²) in [6.07, 6.45) is 2.40. The van der Waals surface area contributed by atoms with Gasteiger partial charge in [0.05, 0.1) is 13.2 Å². The maximum absolute atomic E-state index is 13.1. The van der Waals surface area contributed by atoms with Crippen molar-refractivity contribution in [3.05, 3.63) is 101 Å². The number of carbonyl (C=O) groups excluding carboxylic acids is 1. The van der Waals surface area contributed by atoms with Crippen molar-refractivity contribution in [3.63, 3.8) is 0 Å². The van der Waals surface area contributed by atoms with Crippen LogP contribution in [0.5, 0.6) is 11.5 Å². The maximum Gasteiger partial charge on any atom is 0.363 e. The number of rotatable bonds is 8. The molecule has 0 unspecified atom stereocenters. The minimum atomic E-state index is -0.564. The fourth-order valence-corrected chi connectivity index (χ4v) is 3.21. The lowest BCUT2D eigenvalue weighted by molar-refractivity contribution is -0.129. The lowest BCUT2D eigenvalue weighted by atomic mass is 10.1. The number of hydrogen-bond donors (Lipinski definition) is 0. The Kier molecular flexibility index (Phi) is 6.60. The van der Waals surface area contributed by atoms with Gasteiger partial charge in [-0.3, -0.25) is 0 Å². The van der Waals surface area contributed by atoms with E-state index in [4.69, 9.17) is 14.2 Å². The lowest BCUT2D eigenvalue weighted by Gasteiger charge is -2.12. The number of benzene rings is 3. The predicted octanol–water partition coefficient (Wildman–Crippen LogP) is 5.19. The van der Waals surface area contributed by atoms with Crippen LogP contribution in [0.2, 0.25) is 0 Å². The van der Waals surface area contributed by atoms with Crippen molar-refractivity contribution in [1.82, 2.24) is 0 Å². The van der Waals surface area contributed by atoms with E-state index < -0.39 is 5.97 Å². The average Bonchev–Trinajstić information content (AvgIpc) is 3.16. The van der Waals surface area contributed by atoms with Crippen LogP contribution in [0.25, 0.3) is 6.08 Å². The molecule has 162 valence electrons. The number of hydrogen-bond acceptors (Lipinski definition) is 5. The van der Waals surface area contributed by atoms with E-state index in [1.165, 1.54) is 29.8 Å². The molecule has 0 atom stereocenters. The Morgan fingerprint density at radius 3 is 2.50 bits per heavy atom. The quantitative estimate of drug-likeness (QED) is 0.364. The van der Waals surface area contributed by atoms with Gasteiger partial charge in [0.15, 0.2) is 17.2 Å². The third-order valence-electron chi connectivity index (χ3n) is 4.77. The molecular weight excluding hydrogens is 409 g/mol. The Morgan fingerprint density at radius 2 is 1.75 bits per heavy atom. The molecule has 0 saturated carbocycles. The van der Waals surface area contributed by atoms with E-state index in [2.05, 4.69) is 17.1 Å². The largest absolute Gasteiger partial charge is 0.490 e. The highest BCUT2D eigenvalue weighted by atomic mass is 19.1. The van der Waals surface area contributed by atoms with Crippen LogP contribution in [-0.2, 0) is 16.0 Å². The van der Waals surface area contributed by atoms with Crippen LogP contribution in [0, 0.1) is 5.82 Å². The monoisotopic (exact) mass is 431 g/mol. The topological polar surface area (TPSA) is 57.1 Å². The molecule has 6 heteroatoms. The zero-order chi connectivity index (χ0) is 22.3. The van der Waals surface area contributed by atoms with Crippen molar-refractivity contribution in [2.75, 3.05) is 13.2 Å². The molecule has 0 amide bonds. The molecule has 0 N–H and O–H groups in total. The highest BCUT2D eigenvalue weighted by Crippen LogP contribution is 2.30. The summed E-state index contributed by atoms with van der Waals surface area (Å²) in [5.41, 5.74) is 2.60. The molecule has 0 saturated heterocycles. The molecule has 32 heavy (non-hydrogen) atoms. The molecule has 0 spiro atoms. The van der Waals surface area contributed by atoms with Gasteiger partial charge in [0.25, 0.3) is 0 Å². The Morgan fingerprint density at radius 1 is 0.969 bits per heavy atom. The molecule has 0 aliphatic carbocycles.